The Morgan fingerprint density at radius 3 is 1.58 bits per heavy atom. The molecular formula is C64H42N2S. The van der Waals surface area contributed by atoms with Gasteiger partial charge in [-0.15, -0.1) is 11.3 Å². The molecule has 0 aliphatic carbocycles. The molecule has 3 heteroatoms. The van der Waals surface area contributed by atoms with Crippen LogP contribution in [0.2, 0.25) is 0 Å². The van der Waals surface area contributed by atoms with E-state index in [2.05, 4.69) is 264 Å². The molecular weight excluding hydrogens is 829 g/mol. The average Bonchev–Trinajstić information content (AvgIpc) is 3.95. The highest BCUT2D eigenvalue weighted by Gasteiger charge is 2.19. The van der Waals surface area contributed by atoms with E-state index in [1.54, 1.807) is 0 Å². The van der Waals surface area contributed by atoms with Gasteiger partial charge >= 0.3 is 0 Å². The number of hydrogen-bond donors (Lipinski definition) is 0. The number of rotatable bonds is 8. The molecule has 0 spiro atoms. The first kappa shape index (κ1) is 38.9. The van der Waals surface area contributed by atoms with Crippen molar-refractivity contribution in [2.75, 3.05) is 4.90 Å². The Balaban J connectivity index is 0.869. The first-order valence-corrected chi connectivity index (χ1v) is 23.7. The average molecular weight is 871 g/mol. The van der Waals surface area contributed by atoms with Gasteiger partial charge in [0.2, 0.25) is 0 Å². The number of nitrogens with zero attached hydrogens (tertiary/aromatic N) is 2. The minimum atomic E-state index is 1.09. The summed E-state index contributed by atoms with van der Waals surface area (Å²) in [7, 11) is 0. The van der Waals surface area contributed by atoms with Crippen molar-refractivity contribution in [3.05, 3.63) is 255 Å². The summed E-state index contributed by atoms with van der Waals surface area (Å²) in [5.74, 6) is 0. The lowest BCUT2D eigenvalue weighted by Crippen LogP contribution is -2.10. The molecule has 0 aliphatic heterocycles. The molecule has 314 valence electrons. The second-order valence-electron chi connectivity index (χ2n) is 17.3. The Labute approximate surface area is 393 Å². The molecule has 0 unspecified atom stereocenters. The number of aromatic nitrogens is 1. The first-order chi connectivity index (χ1) is 33.2. The molecule has 0 N–H and O–H groups in total. The number of thiophene rings is 1. The Morgan fingerprint density at radius 2 is 0.821 bits per heavy atom. The Hall–Kier alpha value is -8.50. The number of fused-ring (bicyclic) bond motifs is 7. The van der Waals surface area contributed by atoms with Crippen LogP contribution in [-0.2, 0) is 0 Å². The molecule has 2 nitrogen and oxygen atoms in total. The summed E-state index contributed by atoms with van der Waals surface area (Å²) in [6.07, 6.45) is 0. The van der Waals surface area contributed by atoms with E-state index < -0.39 is 0 Å². The van der Waals surface area contributed by atoms with Crippen LogP contribution in [0.3, 0.4) is 0 Å². The number of benzene rings is 11. The van der Waals surface area contributed by atoms with Gasteiger partial charge in [0.25, 0.3) is 0 Å². The highest BCUT2D eigenvalue weighted by atomic mass is 32.1. The monoisotopic (exact) mass is 870 g/mol. The van der Waals surface area contributed by atoms with E-state index in [9.17, 15) is 0 Å². The molecule has 0 aliphatic rings. The van der Waals surface area contributed by atoms with E-state index in [4.69, 9.17) is 0 Å². The normalized spacial score (nSPS) is 11.6. The third-order valence-electron chi connectivity index (χ3n) is 13.4. The highest BCUT2D eigenvalue weighted by molar-refractivity contribution is 7.26. The molecule has 13 aromatic rings. The number of hydrogen-bond acceptors (Lipinski definition) is 2. The number of anilines is 3. The maximum atomic E-state index is 2.39. The molecule has 0 saturated carbocycles. The molecule has 0 radical (unpaired) electrons. The predicted octanol–water partition coefficient (Wildman–Crippen LogP) is 18.4. The molecule has 0 bridgehead atoms. The van der Waals surface area contributed by atoms with Crippen LogP contribution in [0.1, 0.15) is 0 Å². The van der Waals surface area contributed by atoms with Crippen LogP contribution in [0.25, 0.3) is 103 Å². The molecule has 67 heavy (non-hydrogen) atoms. The Morgan fingerprint density at radius 1 is 0.299 bits per heavy atom. The summed E-state index contributed by atoms with van der Waals surface area (Å²) in [4.78, 5) is 2.39. The van der Waals surface area contributed by atoms with Crippen molar-refractivity contribution in [2.24, 2.45) is 0 Å². The lowest BCUT2D eigenvalue weighted by atomic mass is 9.97. The summed E-state index contributed by atoms with van der Waals surface area (Å²) in [5.41, 5.74) is 16.6. The van der Waals surface area contributed by atoms with E-state index in [-0.39, 0.29) is 0 Å². The second-order valence-corrected chi connectivity index (χ2v) is 18.3. The van der Waals surface area contributed by atoms with Gasteiger partial charge in [-0.2, -0.15) is 0 Å². The van der Waals surface area contributed by atoms with Crippen molar-refractivity contribution in [2.45, 2.75) is 0 Å². The summed E-state index contributed by atoms with van der Waals surface area (Å²) >= 11 is 1.88. The van der Waals surface area contributed by atoms with E-state index in [1.165, 1.54) is 97.3 Å². The zero-order valence-corrected chi connectivity index (χ0v) is 37.4. The minimum Gasteiger partial charge on any atom is -0.310 e. The van der Waals surface area contributed by atoms with Crippen LogP contribution in [0.4, 0.5) is 17.1 Å². The van der Waals surface area contributed by atoms with Gasteiger partial charge in [0.1, 0.15) is 0 Å². The fraction of sp³-hybridized carbons (Fsp3) is 0. The van der Waals surface area contributed by atoms with Gasteiger partial charge in [-0.1, -0.05) is 188 Å². The van der Waals surface area contributed by atoms with E-state index >= 15 is 0 Å². The Bertz CT molecular complexity index is 3940. The zero-order valence-electron chi connectivity index (χ0n) is 36.6. The zero-order chi connectivity index (χ0) is 44.3. The van der Waals surface area contributed by atoms with Crippen molar-refractivity contribution >= 4 is 81.1 Å². The standard InChI is InChI=1S/C64H42N2S/c1-3-13-47(14-4-1)56-22-12-23-59-60-41-49(33-40-63(60)67-64(56)59)45-27-25-43(26-28-45)44-29-34-51(35-30-44)65(52-36-31-48(32-37-52)55-21-11-16-46-15-7-8-19-54(46)55)53-38-39-58-57-20-9-10-24-61(57)66(62(58)42-53)50-17-5-2-6-18-50/h1-42H. The molecule has 0 atom stereocenters. The van der Waals surface area contributed by atoms with Gasteiger partial charge in [0.05, 0.1) is 11.0 Å². The van der Waals surface area contributed by atoms with Crippen LogP contribution in [0.5, 0.6) is 0 Å². The van der Waals surface area contributed by atoms with Crippen molar-refractivity contribution in [3.63, 3.8) is 0 Å². The van der Waals surface area contributed by atoms with Crippen molar-refractivity contribution in [1.82, 2.24) is 4.57 Å². The molecule has 0 saturated heterocycles. The maximum Gasteiger partial charge on any atom is 0.0561 e. The quantitative estimate of drug-likeness (QED) is 0.148. The Kier molecular flexibility index (Phi) is 9.40. The molecule has 0 amide bonds. The smallest absolute Gasteiger partial charge is 0.0561 e. The van der Waals surface area contributed by atoms with Crippen LogP contribution in [0.15, 0.2) is 255 Å². The summed E-state index contributed by atoms with van der Waals surface area (Å²) < 4.78 is 5.05. The van der Waals surface area contributed by atoms with Gasteiger partial charge in [0.15, 0.2) is 0 Å². The molecule has 13 rings (SSSR count). The lowest BCUT2D eigenvalue weighted by Gasteiger charge is -2.26. The van der Waals surface area contributed by atoms with Crippen LogP contribution >= 0.6 is 11.3 Å². The van der Waals surface area contributed by atoms with Gasteiger partial charge in [-0.3, -0.25) is 0 Å². The fourth-order valence-corrected chi connectivity index (χ4v) is 11.4. The summed E-state index contributed by atoms with van der Waals surface area (Å²) in [5, 5.41) is 7.60. The van der Waals surface area contributed by atoms with Crippen LogP contribution in [0, 0.1) is 0 Å². The maximum absolute atomic E-state index is 2.39. The van der Waals surface area contributed by atoms with Gasteiger partial charge in [0, 0.05) is 53.7 Å². The molecule has 2 heterocycles. The van der Waals surface area contributed by atoms with E-state index in [1.807, 2.05) is 11.3 Å². The largest absolute Gasteiger partial charge is 0.310 e. The predicted molar refractivity (Wildman–Crippen MR) is 288 cm³/mol. The van der Waals surface area contributed by atoms with Gasteiger partial charge < -0.3 is 9.47 Å². The fourth-order valence-electron chi connectivity index (χ4n) is 10.1. The van der Waals surface area contributed by atoms with E-state index in [0.717, 1.165) is 22.7 Å². The van der Waals surface area contributed by atoms with Gasteiger partial charge in [-0.05, 0) is 122 Å². The van der Waals surface area contributed by atoms with Crippen LogP contribution in [-0.4, -0.2) is 4.57 Å². The highest BCUT2D eigenvalue weighted by Crippen LogP contribution is 2.43. The molecule has 11 aromatic carbocycles. The number of para-hydroxylation sites is 2. The summed E-state index contributed by atoms with van der Waals surface area (Å²) in [6, 6.07) is 93.0. The lowest BCUT2D eigenvalue weighted by molar-refractivity contribution is 1.18. The second kappa shape index (κ2) is 16.2. The molecule has 2 aromatic heterocycles. The van der Waals surface area contributed by atoms with Crippen LogP contribution < -0.4 is 4.90 Å². The minimum absolute atomic E-state index is 1.09. The molecule has 0 fully saturated rings. The van der Waals surface area contributed by atoms with Crippen molar-refractivity contribution in [3.8, 4) is 50.2 Å². The third-order valence-corrected chi connectivity index (χ3v) is 14.6. The van der Waals surface area contributed by atoms with Crippen molar-refractivity contribution < 1.29 is 0 Å². The third kappa shape index (κ3) is 6.79. The summed E-state index contributed by atoms with van der Waals surface area (Å²) in [6.45, 7) is 0. The van der Waals surface area contributed by atoms with E-state index in [0.29, 0.717) is 0 Å². The topological polar surface area (TPSA) is 8.17 Å². The van der Waals surface area contributed by atoms with Gasteiger partial charge in [-0.25, -0.2) is 0 Å². The first-order valence-electron chi connectivity index (χ1n) is 22.9. The SMILES string of the molecule is c1ccc(-c2cccc3c2sc2ccc(-c4ccc(-c5ccc(N(c6ccc(-c7cccc8ccccc78)cc6)c6ccc7c8ccccc8n(-c8ccccc8)c7c6)cc5)cc4)cc23)cc1. The van der Waals surface area contributed by atoms with Crippen molar-refractivity contribution in [1.29, 1.82) is 0 Å².